The summed E-state index contributed by atoms with van der Waals surface area (Å²) in [6.07, 6.45) is 3.36. The summed E-state index contributed by atoms with van der Waals surface area (Å²) in [5.41, 5.74) is 4.20. The van der Waals surface area contributed by atoms with Crippen LogP contribution >= 0.6 is 0 Å². The lowest BCUT2D eigenvalue weighted by atomic mass is 9.94. The van der Waals surface area contributed by atoms with E-state index in [1.165, 1.54) is 0 Å². The lowest BCUT2D eigenvalue weighted by Crippen LogP contribution is -2.08. The Kier molecular flexibility index (Phi) is 4.34. The molecule has 136 valence electrons. The summed E-state index contributed by atoms with van der Waals surface area (Å²) in [4.78, 5) is 9.71. The van der Waals surface area contributed by atoms with Crippen molar-refractivity contribution in [3.8, 4) is 0 Å². The van der Waals surface area contributed by atoms with Gasteiger partial charge in [-0.3, -0.25) is 9.97 Å². The summed E-state index contributed by atoms with van der Waals surface area (Å²) in [6, 6.07) is 29.0. The predicted molar refractivity (Wildman–Crippen MR) is 112 cm³/mol. The van der Waals surface area contributed by atoms with Crippen molar-refractivity contribution >= 4 is 21.8 Å². The quantitative estimate of drug-likeness (QED) is 0.387. The highest BCUT2D eigenvalue weighted by Crippen LogP contribution is 2.26. The van der Waals surface area contributed by atoms with Crippen LogP contribution in [0.2, 0.25) is 0 Å². The van der Waals surface area contributed by atoms with E-state index < -0.39 is 0 Å². The van der Waals surface area contributed by atoms with Crippen molar-refractivity contribution in [3.05, 3.63) is 108 Å². The first-order valence-electron chi connectivity index (χ1n) is 9.58. The first-order valence-corrected chi connectivity index (χ1v) is 9.58. The summed E-state index contributed by atoms with van der Waals surface area (Å²) in [6.45, 7) is 0. The highest BCUT2D eigenvalue weighted by atomic mass is 16.3. The number of hydrogen-bond acceptors (Lipinski definition) is 3. The summed E-state index contributed by atoms with van der Waals surface area (Å²) >= 11 is 0. The van der Waals surface area contributed by atoms with Gasteiger partial charge in [0.1, 0.15) is 5.76 Å². The molecule has 0 atom stereocenters. The van der Waals surface area contributed by atoms with Crippen LogP contribution in [0.15, 0.2) is 95.6 Å². The minimum atomic E-state index is 0.192. The van der Waals surface area contributed by atoms with Gasteiger partial charge in [-0.05, 0) is 49.2 Å². The molecule has 0 aliphatic heterocycles. The summed E-state index contributed by atoms with van der Waals surface area (Å²) in [5, 5.41) is 2.33. The Morgan fingerprint density at radius 2 is 1.18 bits per heavy atom. The van der Waals surface area contributed by atoms with Crippen LogP contribution in [0, 0.1) is 0 Å². The fraction of sp³-hybridized carbons (Fsp3) is 0.120. The van der Waals surface area contributed by atoms with Gasteiger partial charge in [-0.25, -0.2) is 0 Å². The molecule has 0 aliphatic rings. The van der Waals surface area contributed by atoms with Crippen molar-refractivity contribution in [2.45, 2.75) is 18.8 Å². The van der Waals surface area contributed by atoms with Crippen molar-refractivity contribution < 1.29 is 4.42 Å². The minimum absolute atomic E-state index is 0.192. The Morgan fingerprint density at radius 3 is 1.71 bits per heavy atom. The van der Waals surface area contributed by atoms with Gasteiger partial charge in [0.25, 0.3) is 0 Å². The van der Waals surface area contributed by atoms with E-state index >= 15 is 0 Å². The first kappa shape index (κ1) is 16.7. The van der Waals surface area contributed by atoms with Gasteiger partial charge in [0, 0.05) is 28.1 Å². The van der Waals surface area contributed by atoms with Gasteiger partial charge in [-0.15, -0.1) is 0 Å². The summed E-state index contributed by atoms with van der Waals surface area (Å²) in [5.74, 6) is 1.17. The third-order valence-corrected chi connectivity index (χ3v) is 5.17. The fourth-order valence-electron chi connectivity index (χ4n) is 3.75. The maximum absolute atomic E-state index is 5.76. The molecule has 28 heavy (non-hydrogen) atoms. The molecule has 0 spiro atoms. The summed E-state index contributed by atoms with van der Waals surface area (Å²) < 4.78 is 5.76. The molecule has 0 N–H and O–H groups in total. The van der Waals surface area contributed by atoms with Crippen LogP contribution in [0.5, 0.6) is 0 Å². The van der Waals surface area contributed by atoms with Crippen molar-refractivity contribution in [1.29, 1.82) is 0 Å². The van der Waals surface area contributed by atoms with E-state index in [9.17, 15) is 0 Å². The van der Waals surface area contributed by atoms with Crippen molar-refractivity contribution in [2.24, 2.45) is 0 Å². The molecule has 0 aliphatic carbocycles. The van der Waals surface area contributed by atoms with Gasteiger partial charge < -0.3 is 4.42 Å². The normalized spacial score (nSPS) is 11.5. The van der Waals surface area contributed by atoms with E-state index in [1.807, 2.05) is 36.4 Å². The third kappa shape index (κ3) is 3.39. The molecule has 0 radical (unpaired) electrons. The zero-order valence-corrected chi connectivity index (χ0v) is 15.5. The lowest BCUT2D eigenvalue weighted by molar-refractivity contribution is 0.453. The maximum atomic E-state index is 5.76. The molecule has 3 heterocycles. The van der Waals surface area contributed by atoms with Gasteiger partial charge in [0.2, 0.25) is 0 Å². The largest absolute Gasteiger partial charge is 0.469 e. The number of aromatic nitrogens is 2. The second kappa shape index (κ2) is 7.28. The molecular weight excluding hydrogens is 344 g/mol. The number of fused-ring (bicyclic) bond motifs is 2. The molecule has 3 heteroatoms. The topological polar surface area (TPSA) is 38.9 Å². The molecule has 0 fully saturated rings. The number of nitrogens with zero attached hydrogens (tertiary/aromatic N) is 2. The molecule has 5 aromatic rings. The molecule has 0 amide bonds. The Bertz CT molecular complexity index is 1150. The predicted octanol–water partition coefficient (Wildman–Crippen LogP) is 5.95. The van der Waals surface area contributed by atoms with E-state index in [4.69, 9.17) is 14.4 Å². The average Bonchev–Trinajstić information content (AvgIpc) is 3.28. The molecule has 3 nitrogen and oxygen atoms in total. The fourth-order valence-corrected chi connectivity index (χ4v) is 3.75. The van der Waals surface area contributed by atoms with Crippen LogP contribution in [0.25, 0.3) is 21.8 Å². The van der Waals surface area contributed by atoms with Crippen LogP contribution in [0.3, 0.4) is 0 Å². The second-order valence-corrected chi connectivity index (χ2v) is 7.11. The van der Waals surface area contributed by atoms with Crippen LogP contribution < -0.4 is 0 Å². The van der Waals surface area contributed by atoms with E-state index in [2.05, 4.69) is 48.5 Å². The van der Waals surface area contributed by atoms with E-state index in [0.29, 0.717) is 0 Å². The minimum Gasteiger partial charge on any atom is -0.469 e. The highest BCUT2D eigenvalue weighted by molar-refractivity contribution is 5.79. The van der Waals surface area contributed by atoms with Gasteiger partial charge in [0.05, 0.1) is 17.3 Å². The molecule has 3 aromatic heterocycles. The smallest absolute Gasteiger partial charge is 0.107 e. The van der Waals surface area contributed by atoms with Gasteiger partial charge in [-0.2, -0.15) is 0 Å². The number of furan rings is 1. The molecule has 2 aromatic carbocycles. The number of rotatable bonds is 5. The van der Waals surface area contributed by atoms with E-state index in [1.54, 1.807) is 6.26 Å². The SMILES string of the molecule is c1coc(C(Cc2ccc3ccccc3n2)Cc2ccc3ccccc3n2)c1. The second-order valence-electron chi connectivity index (χ2n) is 7.11. The van der Waals surface area contributed by atoms with Crippen LogP contribution in [0.1, 0.15) is 23.1 Å². The molecular formula is C25H20N2O. The van der Waals surface area contributed by atoms with E-state index in [-0.39, 0.29) is 5.92 Å². The Labute approximate surface area is 163 Å². The Balaban J connectivity index is 1.46. The van der Waals surface area contributed by atoms with Crippen LogP contribution in [0.4, 0.5) is 0 Å². The Hall–Kier alpha value is -3.46. The zero-order valence-electron chi connectivity index (χ0n) is 15.5. The molecule has 5 rings (SSSR count). The molecule has 0 saturated carbocycles. The summed E-state index contributed by atoms with van der Waals surface area (Å²) in [7, 11) is 0. The molecule has 0 saturated heterocycles. The van der Waals surface area contributed by atoms with E-state index in [0.717, 1.165) is 51.8 Å². The van der Waals surface area contributed by atoms with Gasteiger partial charge in [-0.1, -0.05) is 48.5 Å². The molecule has 0 bridgehead atoms. The van der Waals surface area contributed by atoms with Gasteiger partial charge >= 0.3 is 0 Å². The van der Waals surface area contributed by atoms with Crippen LogP contribution in [-0.2, 0) is 12.8 Å². The number of benzene rings is 2. The monoisotopic (exact) mass is 364 g/mol. The average molecular weight is 364 g/mol. The van der Waals surface area contributed by atoms with Crippen molar-refractivity contribution in [3.63, 3.8) is 0 Å². The third-order valence-electron chi connectivity index (χ3n) is 5.17. The van der Waals surface area contributed by atoms with Crippen molar-refractivity contribution in [2.75, 3.05) is 0 Å². The molecule has 0 unspecified atom stereocenters. The number of hydrogen-bond donors (Lipinski definition) is 0. The lowest BCUT2D eigenvalue weighted by Gasteiger charge is -2.15. The van der Waals surface area contributed by atoms with Crippen molar-refractivity contribution in [1.82, 2.24) is 9.97 Å². The number of para-hydroxylation sites is 2. The number of pyridine rings is 2. The van der Waals surface area contributed by atoms with Crippen LogP contribution in [-0.4, -0.2) is 9.97 Å². The Morgan fingerprint density at radius 1 is 0.607 bits per heavy atom. The first-order chi connectivity index (χ1) is 13.8. The highest BCUT2D eigenvalue weighted by Gasteiger charge is 2.18. The van der Waals surface area contributed by atoms with Gasteiger partial charge in [0.15, 0.2) is 0 Å². The zero-order chi connectivity index (χ0) is 18.8. The standard InChI is InChI=1S/C25H20N2O/c1-3-8-23-18(6-1)11-13-21(26-23)16-20(25-10-5-15-28-25)17-22-14-12-19-7-2-4-9-24(19)27-22/h1-15,20H,16-17H2. The maximum Gasteiger partial charge on any atom is 0.107 e.